The van der Waals surface area contributed by atoms with Gasteiger partial charge in [0.2, 0.25) is 0 Å². The molecule has 0 aliphatic carbocycles. The van der Waals surface area contributed by atoms with Crippen LogP contribution in [0.25, 0.3) is 0 Å². The zero-order valence-electron chi connectivity index (χ0n) is 12.1. The topological polar surface area (TPSA) is 73.0 Å². The molecule has 1 saturated heterocycles. The van der Waals surface area contributed by atoms with Gasteiger partial charge in [0.05, 0.1) is 11.9 Å². The molecule has 3 N–H and O–H groups in total. The minimum atomic E-state index is -0.257. The van der Waals surface area contributed by atoms with E-state index in [1.165, 1.54) is 12.1 Å². The van der Waals surface area contributed by atoms with Crippen LogP contribution in [0.1, 0.15) is 12.8 Å². The number of aromatic nitrogens is 2. The van der Waals surface area contributed by atoms with Crippen molar-refractivity contribution >= 4 is 17.4 Å². The Bertz CT molecular complexity index is 631. The number of halogens is 1. The largest absolute Gasteiger partial charge is 0.369 e. The summed E-state index contributed by atoms with van der Waals surface area (Å²) < 4.78 is 13.3. The summed E-state index contributed by atoms with van der Waals surface area (Å²) in [6, 6.07) is 6.32. The third-order valence-corrected chi connectivity index (χ3v) is 3.69. The molecule has 2 amide bonds. The van der Waals surface area contributed by atoms with Crippen molar-refractivity contribution in [3.63, 3.8) is 0 Å². The summed E-state index contributed by atoms with van der Waals surface area (Å²) in [7, 11) is 0. The van der Waals surface area contributed by atoms with Crippen LogP contribution in [0.15, 0.2) is 36.7 Å². The van der Waals surface area contributed by atoms with Crippen molar-refractivity contribution in [2.45, 2.75) is 18.9 Å². The lowest BCUT2D eigenvalue weighted by molar-refractivity contribution is 0.246. The van der Waals surface area contributed by atoms with E-state index in [9.17, 15) is 9.18 Å². The number of carbonyl (C=O) groups excluding carboxylic acids is 1. The third-order valence-electron chi connectivity index (χ3n) is 3.69. The van der Waals surface area contributed by atoms with Gasteiger partial charge in [-0.3, -0.25) is 5.10 Å². The number of anilines is 2. The number of H-pyrrole nitrogens is 1. The van der Waals surface area contributed by atoms with Crippen molar-refractivity contribution in [1.29, 1.82) is 0 Å². The van der Waals surface area contributed by atoms with Gasteiger partial charge in [-0.15, -0.1) is 0 Å². The smallest absolute Gasteiger partial charge is 0.319 e. The monoisotopic (exact) mass is 303 g/mol. The van der Waals surface area contributed by atoms with E-state index in [4.69, 9.17) is 0 Å². The summed E-state index contributed by atoms with van der Waals surface area (Å²) in [6.07, 6.45) is 5.01. The Morgan fingerprint density at radius 2 is 2.36 bits per heavy atom. The van der Waals surface area contributed by atoms with Gasteiger partial charge >= 0.3 is 6.03 Å². The van der Waals surface area contributed by atoms with Crippen LogP contribution in [0.4, 0.5) is 20.6 Å². The van der Waals surface area contributed by atoms with Gasteiger partial charge in [-0.25, -0.2) is 9.18 Å². The first-order valence-electron chi connectivity index (χ1n) is 7.27. The van der Waals surface area contributed by atoms with E-state index in [0.29, 0.717) is 12.2 Å². The number of carbonyl (C=O) groups is 1. The molecule has 2 aromatic rings. The van der Waals surface area contributed by atoms with Gasteiger partial charge in [-0.2, -0.15) is 5.10 Å². The predicted molar refractivity (Wildman–Crippen MR) is 82.4 cm³/mol. The molecule has 0 unspecified atom stereocenters. The van der Waals surface area contributed by atoms with E-state index in [0.717, 1.165) is 25.1 Å². The molecule has 1 fully saturated rings. The molecule has 1 aliphatic rings. The molecule has 3 rings (SSSR count). The van der Waals surface area contributed by atoms with E-state index < -0.39 is 0 Å². The second-order valence-electron chi connectivity index (χ2n) is 5.35. The first kappa shape index (κ1) is 14.4. The lowest BCUT2D eigenvalue weighted by atomic mass is 10.1. The standard InChI is InChI=1S/C15H18FN5O/c16-11-3-1-5-14(7-11)21-6-2-4-12(10-21)19-15(22)20-13-8-17-18-9-13/h1,3,5,7-9,12H,2,4,6,10H2,(H,17,18)(H2,19,20,22)/t12-/m0/s1. The average molecular weight is 303 g/mol. The highest BCUT2D eigenvalue weighted by molar-refractivity contribution is 5.89. The SMILES string of the molecule is O=C(Nc1cn[nH]c1)N[C@H]1CCCN(c2cccc(F)c2)C1. The van der Waals surface area contributed by atoms with E-state index >= 15 is 0 Å². The number of rotatable bonds is 3. The highest BCUT2D eigenvalue weighted by atomic mass is 19.1. The molecular formula is C15H18FN5O. The van der Waals surface area contributed by atoms with Crippen LogP contribution in [-0.2, 0) is 0 Å². The van der Waals surface area contributed by atoms with Crippen LogP contribution in [0.5, 0.6) is 0 Å². The van der Waals surface area contributed by atoms with Gasteiger partial charge in [0.15, 0.2) is 0 Å². The van der Waals surface area contributed by atoms with E-state index in [1.54, 1.807) is 18.5 Å². The zero-order valence-corrected chi connectivity index (χ0v) is 12.1. The molecule has 0 radical (unpaired) electrons. The molecular weight excluding hydrogens is 285 g/mol. The lowest BCUT2D eigenvalue weighted by Crippen LogP contribution is -2.49. The molecule has 22 heavy (non-hydrogen) atoms. The predicted octanol–water partition coefficient (Wildman–Crippen LogP) is 2.34. The number of benzene rings is 1. The third kappa shape index (κ3) is 3.55. The van der Waals surface area contributed by atoms with Gasteiger partial charge in [-0.05, 0) is 31.0 Å². The first-order valence-corrected chi connectivity index (χ1v) is 7.27. The Morgan fingerprint density at radius 1 is 1.45 bits per heavy atom. The van der Waals surface area contributed by atoms with Crippen molar-refractivity contribution in [3.05, 3.63) is 42.5 Å². The zero-order chi connectivity index (χ0) is 15.4. The molecule has 1 aromatic carbocycles. The number of hydrogen-bond donors (Lipinski definition) is 3. The minimum absolute atomic E-state index is 0.0314. The Labute approximate surface area is 127 Å². The highest BCUT2D eigenvalue weighted by Crippen LogP contribution is 2.20. The molecule has 6 nitrogen and oxygen atoms in total. The molecule has 1 atom stereocenters. The molecule has 7 heteroatoms. The molecule has 116 valence electrons. The van der Waals surface area contributed by atoms with Crippen molar-refractivity contribution < 1.29 is 9.18 Å². The fourth-order valence-corrected chi connectivity index (χ4v) is 2.67. The number of piperidine rings is 1. The summed E-state index contributed by atoms with van der Waals surface area (Å²) in [5.41, 5.74) is 1.47. The van der Waals surface area contributed by atoms with Crippen molar-refractivity contribution in [3.8, 4) is 0 Å². The summed E-state index contributed by atoms with van der Waals surface area (Å²) in [5.74, 6) is -0.245. The lowest BCUT2D eigenvalue weighted by Gasteiger charge is -2.34. The molecule has 1 aromatic heterocycles. The van der Waals surface area contributed by atoms with Crippen LogP contribution in [-0.4, -0.2) is 35.4 Å². The van der Waals surface area contributed by atoms with Gasteiger partial charge < -0.3 is 15.5 Å². The van der Waals surface area contributed by atoms with Gasteiger partial charge in [0, 0.05) is 31.0 Å². The van der Waals surface area contributed by atoms with Crippen LogP contribution in [0, 0.1) is 5.82 Å². The van der Waals surface area contributed by atoms with Crippen molar-refractivity contribution in [1.82, 2.24) is 15.5 Å². The van der Waals surface area contributed by atoms with Gasteiger partial charge in [0.25, 0.3) is 0 Å². The number of amides is 2. The Morgan fingerprint density at radius 3 is 3.14 bits per heavy atom. The average Bonchev–Trinajstić information content (AvgIpc) is 3.00. The molecule has 0 bridgehead atoms. The van der Waals surface area contributed by atoms with Crippen molar-refractivity contribution in [2.24, 2.45) is 0 Å². The van der Waals surface area contributed by atoms with Crippen LogP contribution in [0.3, 0.4) is 0 Å². The summed E-state index contributed by atoms with van der Waals surface area (Å²) in [4.78, 5) is 14.0. The summed E-state index contributed by atoms with van der Waals surface area (Å²) >= 11 is 0. The number of hydrogen-bond acceptors (Lipinski definition) is 3. The van der Waals surface area contributed by atoms with Crippen LogP contribution >= 0.6 is 0 Å². The molecule has 1 aliphatic heterocycles. The maximum Gasteiger partial charge on any atom is 0.319 e. The van der Waals surface area contributed by atoms with E-state index in [1.807, 2.05) is 6.07 Å². The second kappa shape index (κ2) is 6.46. The summed E-state index contributed by atoms with van der Waals surface area (Å²) in [6.45, 7) is 1.53. The fourth-order valence-electron chi connectivity index (χ4n) is 2.67. The quantitative estimate of drug-likeness (QED) is 0.815. The number of nitrogens with one attached hydrogen (secondary N) is 3. The summed E-state index contributed by atoms with van der Waals surface area (Å²) in [5, 5.41) is 12.1. The minimum Gasteiger partial charge on any atom is -0.369 e. The fraction of sp³-hybridized carbons (Fsp3) is 0.333. The number of urea groups is 1. The van der Waals surface area contributed by atoms with Crippen LogP contribution < -0.4 is 15.5 Å². The molecule has 2 heterocycles. The first-order chi connectivity index (χ1) is 10.7. The van der Waals surface area contributed by atoms with Crippen molar-refractivity contribution in [2.75, 3.05) is 23.3 Å². The maximum atomic E-state index is 13.3. The number of nitrogens with zero attached hydrogens (tertiary/aromatic N) is 2. The van der Waals surface area contributed by atoms with Gasteiger partial charge in [0.1, 0.15) is 5.82 Å². The van der Waals surface area contributed by atoms with Gasteiger partial charge in [-0.1, -0.05) is 6.07 Å². The Kier molecular flexibility index (Phi) is 4.22. The molecule has 0 saturated carbocycles. The normalized spacial score (nSPS) is 18.0. The Balaban J connectivity index is 1.57. The van der Waals surface area contributed by atoms with E-state index in [2.05, 4.69) is 25.7 Å². The van der Waals surface area contributed by atoms with E-state index in [-0.39, 0.29) is 17.9 Å². The number of aromatic amines is 1. The van der Waals surface area contributed by atoms with Crippen LogP contribution in [0.2, 0.25) is 0 Å². The highest BCUT2D eigenvalue weighted by Gasteiger charge is 2.22. The second-order valence-corrected chi connectivity index (χ2v) is 5.35. The molecule has 0 spiro atoms. The maximum absolute atomic E-state index is 13.3. The Hall–Kier alpha value is -2.57.